The van der Waals surface area contributed by atoms with Crippen molar-refractivity contribution < 1.29 is 25.2 Å². The molecule has 2 aliphatic heterocycles. The first-order valence-corrected chi connectivity index (χ1v) is 15.6. The molecule has 0 aliphatic carbocycles. The molecule has 2 N–H and O–H groups in total. The Labute approximate surface area is 243 Å². The van der Waals surface area contributed by atoms with Gasteiger partial charge in [-0.25, -0.2) is 0 Å². The highest BCUT2D eigenvalue weighted by Crippen LogP contribution is 2.37. The Morgan fingerprint density at radius 1 is 0.500 bits per heavy atom. The van der Waals surface area contributed by atoms with Gasteiger partial charge in [0.1, 0.15) is 11.1 Å². The fraction of sp³-hybridized carbons (Fsp3) is 0.143. The topological polar surface area (TPSA) is 111 Å². The largest absolute Gasteiger partial charge is 0.337 e. The molecule has 8 nitrogen and oxygen atoms in total. The monoisotopic (exact) mass is 618 g/mol. The van der Waals surface area contributed by atoms with Crippen LogP contribution in [0, 0.1) is 0 Å². The maximum Gasteiger partial charge on any atom is 0.337 e. The molecule has 40 heavy (non-hydrogen) atoms. The van der Waals surface area contributed by atoms with Crippen LogP contribution >= 0.6 is 23.2 Å². The molecule has 4 aromatic carbocycles. The minimum absolute atomic E-state index is 0.0149. The number of benzene rings is 4. The van der Waals surface area contributed by atoms with Gasteiger partial charge in [-0.1, -0.05) is 108 Å². The Hall–Kier alpha value is -2.80. The summed E-state index contributed by atoms with van der Waals surface area (Å²) in [5, 5.41) is 1.19. The highest BCUT2D eigenvalue weighted by molar-refractivity contribution is 7.85. The van der Waals surface area contributed by atoms with Gasteiger partial charge in [0.05, 0.1) is 13.2 Å². The van der Waals surface area contributed by atoms with Crippen molar-refractivity contribution in [1.82, 2.24) is 9.44 Å². The van der Waals surface area contributed by atoms with Crippen LogP contribution in [0.1, 0.15) is 22.3 Å². The van der Waals surface area contributed by atoms with Crippen molar-refractivity contribution >= 4 is 43.8 Å². The summed E-state index contributed by atoms with van der Waals surface area (Å²) in [5.74, 6) is 0. The summed E-state index contributed by atoms with van der Waals surface area (Å²) in [6.45, 7) is 0.0297. The number of halogens is 2. The molecular weight excluding hydrogens is 595 g/mol. The predicted molar refractivity (Wildman–Crippen MR) is 153 cm³/mol. The number of rotatable bonds is 4. The van der Waals surface area contributed by atoms with Crippen LogP contribution in [0.5, 0.6) is 0 Å². The lowest BCUT2D eigenvalue weighted by atomic mass is 9.84. The lowest BCUT2D eigenvalue weighted by Gasteiger charge is -2.27. The van der Waals surface area contributed by atoms with Crippen LogP contribution in [0.3, 0.4) is 0 Å². The van der Waals surface area contributed by atoms with Crippen LogP contribution in [0.2, 0.25) is 10.0 Å². The second kappa shape index (κ2) is 11.2. The van der Waals surface area contributed by atoms with Crippen molar-refractivity contribution in [3.05, 3.63) is 141 Å². The standard InChI is InChI=1S/2C14H12ClNO3S/c2*15-13-8-6-12(7-9-13)14(10-19-20(17,18)16-14)11-4-2-1-3-5-11/h2*1-9,16H,10H2/t2*14-/m11/s1. The van der Waals surface area contributed by atoms with Crippen LogP contribution in [0.4, 0.5) is 0 Å². The lowest BCUT2D eigenvalue weighted by molar-refractivity contribution is 0.300. The zero-order valence-corrected chi connectivity index (χ0v) is 24.0. The van der Waals surface area contributed by atoms with Crippen molar-refractivity contribution in [3.63, 3.8) is 0 Å². The van der Waals surface area contributed by atoms with Gasteiger partial charge in [-0.3, -0.25) is 8.37 Å². The van der Waals surface area contributed by atoms with E-state index in [1.165, 1.54) is 0 Å². The molecule has 0 aromatic heterocycles. The van der Waals surface area contributed by atoms with Crippen LogP contribution < -0.4 is 9.44 Å². The molecule has 0 bridgehead atoms. The third-order valence-corrected chi connectivity index (χ3v) is 9.22. The maximum absolute atomic E-state index is 11.7. The molecule has 208 valence electrons. The van der Waals surface area contributed by atoms with Crippen LogP contribution in [-0.2, 0) is 40.1 Å². The molecule has 4 aromatic rings. The van der Waals surface area contributed by atoms with Crippen molar-refractivity contribution in [1.29, 1.82) is 0 Å². The first-order valence-electron chi connectivity index (χ1n) is 12.0. The van der Waals surface area contributed by atoms with Gasteiger partial charge in [-0.15, -0.1) is 0 Å². The second-order valence-corrected chi connectivity index (χ2v) is 12.8. The summed E-state index contributed by atoms with van der Waals surface area (Å²) >= 11 is 11.8. The van der Waals surface area contributed by atoms with E-state index in [2.05, 4.69) is 9.44 Å². The highest BCUT2D eigenvalue weighted by Gasteiger charge is 2.46. The predicted octanol–water partition coefficient (Wildman–Crippen LogP) is 4.90. The SMILES string of the molecule is O=S1(=O)N[C@](c2ccccc2)(c2ccc(Cl)cc2)CO1.O=S1(=O)N[C@](c2ccccc2)(c2ccc(Cl)cc2)CO1. The van der Waals surface area contributed by atoms with E-state index in [9.17, 15) is 16.8 Å². The summed E-state index contributed by atoms with van der Waals surface area (Å²) in [6, 6.07) is 32.8. The third-order valence-electron chi connectivity index (χ3n) is 6.67. The molecule has 12 heteroatoms. The molecule has 0 unspecified atom stereocenters. The van der Waals surface area contributed by atoms with E-state index in [4.69, 9.17) is 31.6 Å². The van der Waals surface area contributed by atoms with Gasteiger partial charge in [0.25, 0.3) is 0 Å². The minimum Gasteiger partial charge on any atom is -0.255 e. The van der Waals surface area contributed by atoms with Crippen LogP contribution in [0.15, 0.2) is 109 Å². The van der Waals surface area contributed by atoms with Crippen molar-refractivity contribution in [2.75, 3.05) is 13.2 Å². The smallest absolute Gasteiger partial charge is 0.255 e. The fourth-order valence-electron chi connectivity index (χ4n) is 4.69. The Morgan fingerprint density at radius 2 is 0.800 bits per heavy atom. The molecule has 2 atom stereocenters. The third kappa shape index (κ3) is 5.95. The lowest BCUT2D eigenvalue weighted by Crippen LogP contribution is -2.41. The van der Waals surface area contributed by atoms with Crippen molar-refractivity contribution in [3.8, 4) is 0 Å². The Bertz CT molecular complexity index is 1560. The van der Waals surface area contributed by atoms with Gasteiger partial charge in [0, 0.05) is 10.0 Å². The summed E-state index contributed by atoms with van der Waals surface area (Å²) in [5.41, 5.74) is 1.39. The molecule has 2 saturated heterocycles. The summed E-state index contributed by atoms with van der Waals surface area (Å²) in [7, 11) is -7.49. The number of nitrogens with one attached hydrogen (secondary N) is 2. The van der Waals surface area contributed by atoms with Crippen molar-refractivity contribution in [2.24, 2.45) is 0 Å². The van der Waals surface area contributed by atoms with Gasteiger partial charge in [0.2, 0.25) is 0 Å². The molecule has 0 radical (unpaired) electrons. The summed E-state index contributed by atoms with van der Waals surface area (Å²) in [6.07, 6.45) is 0. The van der Waals surface area contributed by atoms with E-state index >= 15 is 0 Å². The highest BCUT2D eigenvalue weighted by atomic mass is 35.5. The maximum atomic E-state index is 11.7. The molecule has 0 saturated carbocycles. The Morgan fingerprint density at radius 3 is 1.07 bits per heavy atom. The van der Waals surface area contributed by atoms with Gasteiger partial charge >= 0.3 is 20.6 Å². The van der Waals surface area contributed by atoms with E-state index in [1.54, 1.807) is 48.5 Å². The molecule has 6 rings (SSSR count). The molecular formula is C28H24Cl2N2O6S2. The summed E-state index contributed by atoms with van der Waals surface area (Å²) in [4.78, 5) is 0. The van der Waals surface area contributed by atoms with E-state index in [-0.39, 0.29) is 13.2 Å². The molecule has 2 aliphatic rings. The van der Waals surface area contributed by atoms with E-state index in [0.717, 1.165) is 22.3 Å². The van der Waals surface area contributed by atoms with Crippen molar-refractivity contribution in [2.45, 2.75) is 11.1 Å². The number of hydrogen-bond donors (Lipinski definition) is 2. The Balaban J connectivity index is 0.000000161. The Kier molecular flexibility index (Phi) is 8.06. The number of hydrogen-bond acceptors (Lipinski definition) is 6. The molecule has 0 spiro atoms. The van der Waals surface area contributed by atoms with Gasteiger partial charge < -0.3 is 0 Å². The molecule has 2 heterocycles. The zero-order valence-electron chi connectivity index (χ0n) is 20.8. The van der Waals surface area contributed by atoms with E-state index in [0.29, 0.717) is 10.0 Å². The quantitative estimate of drug-likeness (QED) is 0.337. The van der Waals surface area contributed by atoms with E-state index < -0.39 is 31.7 Å². The molecule has 0 amide bonds. The fourth-order valence-corrected chi connectivity index (χ4v) is 7.17. The molecule has 2 fully saturated rings. The average molecular weight is 620 g/mol. The minimum atomic E-state index is -3.74. The summed E-state index contributed by atoms with van der Waals surface area (Å²) < 4.78 is 61.9. The first kappa shape index (κ1) is 28.7. The van der Waals surface area contributed by atoms with Gasteiger partial charge in [-0.2, -0.15) is 26.3 Å². The van der Waals surface area contributed by atoms with Crippen LogP contribution in [0.25, 0.3) is 0 Å². The van der Waals surface area contributed by atoms with E-state index in [1.807, 2.05) is 60.7 Å². The second-order valence-electron chi connectivity index (χ2n) is 9.19. The van der Waals surface area contributed by atoms with Gasteiger partial charge in [-0.05, 0) is 46.5 Å². The zero-order chi connectivity index (χ0) is 28.4. The first-order chi connectivity index (χ1) is 19.0. The normalized spacial score (nSPS) is 24.6. The average Bonchev–Trinajstić information content (AvgIpc) is 3.47. The van der Waals surface area contributed by atoms with Gasteiger partial charge in [0.15, 0.2) is 0 Å². The van der Waals surface area contributed by atoms with Crippen LogP contribution in [-0.4, -0.2) is 30.0 Å².